The molecule has 5 heteroatoms. The number of carbonyl (C=O) groups excluding carboxylic acids is 1. The first-order valence-electron chi connectivity index (χ1n) is 7.13. The molecular weight excluding hydrogens is 271 g/mol. The lowest BCUT2D eigenvalue weighted by molar-refractivity contribution is -0.123. The lowest BCUT2D eigenvalue weighted by Gasteiger charge is -2.20. The number of hydrogen-bond donors (Lipinski definition) is 2. The van der Waals surface area contributed by atoms with Gasteiger partial charge in [-0.15, -0.1) is 0 Å². The van der Waals surface area contributed by atoms with E-state index in [-0.39, 0.29) is 29.8 Å². The van der Waals surface area contributed by atoms with Gasteiger partial charge in [0.15, 0.2) is 18.2 Å². The van der Waals surface area contributed by atoms with Crippen molar-refractivity contribution < 1.29 is 13.9 Å². The van der Waals surface area contributed by atoms with Crippen LogP contribution in [-0.2, 0) is 11.3 Å². The van der Waals surface area contributed by atoms with E-state index in [9.17, 15) is 9.18 Å². The van der Waals surface area contributed by atoms with Crippen LogP contribution in [0.5, 0.6) is 5.75 Å². The van der Waals surface area contributed by atoms with E-state index in [0.29, 0.717) is 6.54 Å². The van der Waals surface area contributed by atoms with Gasteiger partial charge in [-0.3, -0.25) is 4.79 Å². The predicted molar refractivity (Wildman–Crippen MR) is 81.8 cm³/mol. The van der Waals surface area contributed by atoms with E-state index in [1.807, 2.05) is 34.6 Å². The molecule has 0 unspecified atom stereocenters. The molecule has 0 atom stereocenters. The van der Waals surface area contributed by atoms with Gasteiger partial charge in [0.1, 0.15) is 0 Å². The Bertz CT molecular complexity index is 482. The topological polar surface area (TPSA) is 50.4 Å². The van der Waals surface area contributed by atoms with E-state index < -0.39 is 5.82 Å². The van der Waals surface area contributed by atoms with Crippen LogP contribution in [0.25, 0.3) is 0 Å². The van der Waals surface area contributed by atoms with Crippen molar-refractivity contribution in [2.45, 2.75) is 52.7 Å². The fourth-order valence-electron chi connectivity index (χ4n) is 1.65. The molecule has 2 N–H and O–H groups in total. The number of benzene rings is 1. The Hall–Kier alpha value is -1.62. The quantitative estimate of drug-likeness (QED) is 0.848. The molecule has 0 bridgehead atoms. The van der Waals surface area contributed by atoms with Crippen LogP contribution in [0.3, 0.4) is 0 Å². The second kappa shape index (κ2) is 7.41. The highest BCUT2D eigenvalue weighted by atomic mass is 19.1. The zero-order valence-electron chi connectivity index (χ0n) is 13.4. The van der Waals surface area contributed by atoms with Crippen molar-refractivity contribution in [3.8, 4) is 5.75 Å². The molecule has 0 aliphatic carbocycles. The van der Waals surface area contributed by atoms with Crippen LogP contribution < -0.4 is 15.4 Å². The monoisotopic (exact) mass is 296 g/mol. The summed E-state index contributed by atoms with van der Waals surface area (Å²) in [4.78, 5) is 11.4. The summed E-state index contributed by atoms with van der Waals surface area (Å²) < 4.78 is 19.1. The van der Waals surface area contributed by atoms with Crippen LogP contribution in [0.15, 0.2) is 18.2 Å². The lowest BCUT2D eigenvalue weighted by Crippen LogP contribution is -2.35. The van der Waals surface area contributed by atoms with Crippen molar-refractivity contribution in [3.05, 3.63) is 29.6 Å². The number of carbonyl (C=O) groups is 1. The first-order chi connectivity index (χ1) is 9.67. The molecule has 0 saturated carbocycles. The van der Waals surface area contributed by atoms with Crippen LogP contribution >= 0.6 is 0 Å². The molecule has 1 aromatic rings. The lowest BCUT2D eigenvalue weighted by atomic mass is 10.1. The molecule has 1 amide bonds. The Morgan fingerprint density at radius 1 is 1.33 bits per heavy atom. The molecule has 21 heavy (non-hydrogen) atoms. The van der Waals surface area contributed by atoms with Crippen LogP contribution in [0.1, 0.15) is 40.2 Å². The minimum atomic E-state index is -0.458. The van der Waals surface area contributed by atoms with Gasteiger partial charge in [-0.05, 0) is 52.3 Å². The van der Waals surface area contributed by atoms with E-state index >= 15 is 0 Å². The van der Waals surface area contributed by atoms with E-state index in [1.54, 1.807) is 12.1 Å². The van der Waals surface area contributed by atoms with Gasteiger partial charge in [0.2, 0.25) is 0 Å². The van der Waals surface area contributed by atoms with Crippen molar-refractivity contribution in [2.24, 2.45) is 0 Å². The van der Waals surface area contributed by atoms with Crippen LogP contribution in [0, 0.1) is 5.82 Å². The number of nitrogens with one attached hydrogen (secondary N) is 2. The van der Waals surface area contributed by atoms with Crippen LogP contribution in [0.2, 0.25) is 0 Å². The highest BCUT2D eigenvalue weighted by Gasteiger charge is 2.11. The Morgan fingerprint density at radius 3 is 2.52 bits per heavy atom. The Labute approximate surface area is 126 Å². The summed E-state index contributed by atoms with van der Waals surface area (Å²) in [5.74, 6) is -0.628. The summed E-state index contributed by atoms with van der Waals surface area (Å²) in [5, 5.41) is 5.97. The summed E-state index contributed by atoms with van der Waals surface area (Å²) in [6, 6.07) is 4.81. The zero-order valence-corrected chi connectivity index (χ0v) is 13.4. The average Bonchev–Trinajstić information content (AvgIpc) is 2.33. The summed E-state index contributed by atoms with van der Waals surface area (Å²) in [6.45, 7) is 10.3. The standard InChI is InChI=1S/C16H25FN2O2/c1-11(2)19-15(20)10-21-14-7-6-12(8-13(14)17)9-18-16(3,4)5/h6-8,11,18H,9-10H2,1-5H3,(H,19,20). The van der Waals surface area contributed by atoms with Gasteiger partial charge in [-0.25, -0.2) is 4.39 Å². The average molecular weight is 296 g/mol. The van der Waals surface area contributed by atoms with Gasteiger partial charge in [0.05, 0.1) is 0 Å². The highest BCUT2D eigenvalue weighted by molar-refractivity contribution is 5.77. The van der Waals surface area contributed by atoms with Gasteiger partial charge in [0, 0.05) is 18.1 Å². The Kier molecular flexibility index (Phi) is 6.15. The molecule has 0 saturated heterocycles. The van der Waals surface area contributed by atoms with Crippen LogP contribution in [0.4, 0.5) is 4.39 Å². The third kappa shape index (κ3) is 7.09. The Morgan fingerprint density at radius 2 is 2.00 bits per heavy atom. The SMILES string of the molecule is CC(C)NC(=O)COc1ccc(CNC(C)(C)C)cc1F. The van der Waals surface area contributed by atoms with Gasteiger partial charge >= 0.3 is 0 Å². The fourth-order valence-corrected chi connectivity index (χ4v) is 1.65. The number of halogens is 1. The molecule has 0 spiro atoms. The van der Waals surface area contributed by atoms with Crippen LogP contribution in [-0.4, -0.2) is 24.1 Å². The second-order valence-corrected chi connectivity index (χ2v) is 6.38. The normalized spacial score (nSPS) is 11.6. The number of ether oxygens (including phenoxy) is 1. The summed E-state index contributed by atoms with van der Waals surface area (Å²) in [7, 11) is 0. The molecule has 0 aliphatic heterocycles. The molecule has 1 rings (SSSR count). The Balaban J connectivity index is 2.56. The minimum Gasteiger partial charge on any atom is -0.481 e. The minimum absolute atomic E-state index is 0.0272. The maximum absolute atomic E-state index is 13.9. The molecule has 4 nitrogen and oxygen atoms in total. The highest BCUT2D eigenvalue weighted by Crippen LogP contribution is 2.18. The predicted octanol–water partition coefficient (Wildman–Crippen LogP) is 2.62. The third-order valence-electron chi connectivity index (χ3n) is 2.63. The summed E-state index contributed by atoms with van der Waals surface area (Å²) in [5.41, 5.74) is 0.807. The summed E-state index contributed by atoms with van der Waals surface area (Å²) in [6.07, 6.45) is 0. The largest absolute Gasteiger partial charge is 0.481 e. The van der Waals surface area contributed by atoms with Crippen molar-refractivity contribution in [1.29, 1.82) is 0 Å². The number of amides is 1. The summed E-state index contributed by atoms with van der Waals surface area (Å²) >= 11 is 0. The van der Waals surface area contributed by atoms with Gasteiger partial charge in [0.25, 0.3) is 5.91 Å². The molecule has 0 aliphatic rings. The number of hydrogen-bond acceptors (Lipinski definition) is 3. The van der Waals surface area contributed by atoms with Crippen molar-refractivity contribution in [1.82, 2.24) is 10.6 Å². The van der Waals surface area contributed by atoms with E-state index in [1.165, 1.54) is 6.07 Å². The molecule has 0 aromatic heterocycles. The van der Waals surface area contributed by atoms with Gasteiger partial charge in [-0.2, -0.15) is 0 Å². The molecule has 1 aromatic carbocycles. The maximum atomic E-state index is 13.9. The maximum Gasteiger partial charge on any atom is 0.258 e. The van der Waals surface area contributed by atoms with E-state index in [2.05, 4.69) is 10.6 Å². The smallest absolute Gasteiger partial charge is 0.258 e. The first-order valence-corrected chi connectivity index (χ1v) is 7.13. The molecule has 0 radical (unpaired) electrons. The first kappa shape index (κ1) is 17.4. The van der Waals surface area contributed by atoms with Crippen molar-refractivity contribution in [2.75, 3.05) is 6.61 Å². The molecule has 0 fully saturated rings. The third-order valence-corrected chi connectivity index (χ3v) is 2.63. The molecule has 118 valence electrons. The van der Waals surface area contributed by atoms with Gasteiger partial charge in [-0.1, -0.05) is 6.07 Å². The van der Waals surface area contributed by atoms with E-state index in [4.69, 9.17) is 4.74 Å². The molecule has 0 heterocycles. The van der Waals surface area contributed by atoms with Crippen molar-refractivity contribution in [3.63, 3.8) is 0 Å². The molecular formula is C16H25FN2O2. The second-order valence-electron chi connectivity index (χ2n) is 6.38. The number of rotatable bonds is 6. The zero-order chi connectivity index (χ0) is 16.0. The fraction of sp³-hybridized carbons (Fsp3) is 0.562. The van der Waals surface area contributed by atoms with E-state index in [0.717, 1.165) is 5.56 Å². The van der Waals surface area contributed by atoms with Crippen molar-refractivity contribution >= 4 is 5.91 Å². The van der Waals surface area contributed by atoms with Gasteiger partial charge < -0.3 is 15.4 Å².